The maximum atomic E-state index is 11.5. The molecule has 0 radical (unpaired) electrons. The van der Waals surface area contributed by atoms with Crippen molar-refractivity contribution in [1.29, 1.82) is 0 Å². The van der Waals surface area contributed by atoms with Gasteiger partial charge in [-0.1, -0.05) is 30.1 Å². The molecule has 0 rings (SSSR count). The van der Waals surface area contributed by atoms with Crippen LogP contribution >= 0.6 is 36.6 Å². The number of ether oxygens (including phenoxy) is 1. The van der Waals surface area contributed by atoms with Gasteiger partial charge >= 0.3 is 5.97 Å². The van der Waals surface area contributed by atoms with E-state index >= 15 is 0 Å². The summed E-state index contributed by atoms with van der Waals surface area (Å²) in [7, 11) is 0. The Balaban J connectivity index is 4.07. The molecule has 0 aromatic heterocycles. The number of hydrogen-bond donors (Lipinski definition) is 1. The van der Waals surface area contributed by atoms with E-state index in [1.165, 1.54) is 11.8 Å². The van der Waals surface area contributed by atoms with Crippen molar-refractivity contribution in [2.45, 2.75) is 25.0 Å². The van der Waals surface area contributed by atoms with Crippen LogP contribution in [0.3, 0.4) is 0 Å². The monoisotopic (exact) mass is 250 g/mol. The predicted octanol–water partition coefficient (Wildman–Crippen LogP) is 2.83. The minimum Gasteiger partial charge on any atom is -0.464 e. The van der Waals surface area contributed by atoms with Crippen molar-refractivity contribution in [1.82, 2.24) is 0 Å². The van der Waals surface area contributed by atoms with Crippen molar-refractivity contribution in [2.24, 2.45) is 0 Å². The summed E-state index contributed by atoms with van der Waals surface area (Å²) in [5, 5.41) is 0. The predicted molar refractivity (Wildman–Crippen MR) is 69.0 cm³/mol. The number of carbonyl (C=O) groups excluding carboxylic acids is 1. The molecule has 0 N–H and O–H groups in total. The number of carbonyl (C=O) groups is 1. The number of thiol groups is 1. The first-order chi connectivity index (χ1) is 6.40. The molecule has 0 heterocycles. The van der Waals surface area contributed by atoms with E-state index < -0.39 is 4.75 Å². The smallest absolute Gasteiger partial charge is 0.322 e. The van der Waals surface area contributed by atoms with Crippen LogP contribution in [-0.4, -0.2) is 20.9 Å². The lowest BCUT2D eigenvalue weighted by molar-refractivity contribution is -0.145. The van der Waals surface area contributed by atoms with E-state index in [0.29, 0.717) is 16.6 Å². The van der Waals surface area contributed by atoms with Gasteiger partial charge in [0, 0.05) is 0 Å². The van der Waals surface area contributed by atoms with Crippen LogP contribution in [0.5, 0.6) is 0 Å². The van der Waals surface area contributed by atoms with Gasteiger partial charge in [-0.25, -0.2) is 0 Å². The third-order valence-electron chi connectivity index (χ3n) is 1.39. The fourth-order valence-corrected chi connectivity index (χ4v) is 2.56. The van der Waals surface area contributed by atoms with E-state index in [0.717, 1.165) is 0 Å². The Morgan fingerprint density at radius 2 is 2.29 bits per heavy atom. The Kier molecular flexibility index (Phi) is 6.48. The second-order valence-electron chi connectivity index (χ2n) is 3.09. The summed E-state index contributed by atoms with van der Waals surface area (Å²) >= 11 is 9.99. The Morgan fingerprint density at radius 3 is 2.71 bits per heavy atom. The second kappa shape index (κ2) is 6.48. The zero-order chi connectivity index (χ0) is 11.2. The highest BCUT2D eigenvalue weighted by molar-refractivity contribution is 8.42. The van der Waals surface area contributed by atoms with Crippen LogP contribution < -0.4 is 0 Å². The summed E-state index contributed by atoms with van der Waals surface area (Å²) in [4.78, 5) is 11.5. The van der Waals surface area contributed by atoms with E-state index in [9.17, 15) is 4.79 Å². The van der Waals surface area contributed by atoms with E-state index in [1.807, 2.05) is 0 Å². The molecule has 0 aromatic carbocycles. The lowest BCUT2D eigenvalue weighted by Crippen LogP contribution is -2.31. The molecule has 0 aromatic rings. The maximum Gasteiger partial charge on any atom is 0.322 e. The number of rotatable bonds is 5. The van der Waals surface area contributed by atoms with E-state index in [1.54, 1.807) is 19.9 Å². The van der Waals surface area contributed by atoms with E-state index in [4.69, 9.17) is 17.0 Å². The van der Waals surface area contributed by atoms with Gasteiger partial charge in [0.2, 0.25) is 0 Å². The fraction of sp³-hybridized carbons (Fsp3) is 0.556. The van der Waals surface area contributed by atoms with Crippen LogP contribution in [0.2, 0.25) is 0 Å². The average Bonchev–Trinajstić information content (AvgIpc) is 2.02. The second-order valence-corrected chi connectivity index (χ2v) is 6.44. The van der Waals surface area contributed by atoms with Crippen LogP contribution in [0.15, 0.2) is 12.7 Å². The van der Waals surface area contributed by atoms with Gasteiger partial charge in [0.25, 0.3) is 0 Å². The first-order valence-corrected chi connectivity index (χ1v) is 5.77. The molecule has 5 heteroatoms. The third-order valence-corrected chi connectivity index (χ3v) is 2.76. The van der Waals surface area contributed by atoms with Gasteiger partial charge in [0.1, 0.15) is 8.28 Å². The highest BCUT2D eigenvalue weighted by Gasteiger charge is 2.30. The first kappa shape index (κ1) is 14.0. The molecule has 0 atom stereocenters. The molecule has 0 aliphatic rings. The van der Waals surface area contributed by atoms with E-state index in [-0.39, 0.29) is 5.97 Å². The van der Waals surface area contributed by atoms with Gasteiger partial charge < -0.3 is 4.74 Å². The molecular weight excluding hydrogens is 236 g/mol. The van der Waals surface area contributed by atoms with Crippen LogP contribution in [0.1, 0.15) is 20.3 Å². The minimum absolute atomic E-state index is 0.277. The number of esters is 1. The van der Waals surface area contributed by atoms with Crippen molar-refractivity contribution in [3.05, 3.63) is 12.7 Å². The summed E-state index contributed by atoms with van der Waals surface area (Å²) in [6.45, 7) is 7.43. The summed E-state index contributed by atoms with van der Waals surface area (Å²) in [5.74, 6) is -0.277. The highest BCUT2D eigenvalue weighted by atomic mass is 32.2. The minimum atomic E-state index is -0.667. The number of thioether (sulfide) groups is 1. The highest BCUT2D eigenvalue weighted by Crippen LogP contribution is 2.28. The molecule has 0 fully saturated rings. The largest absolute Gasteiger partial charge is 0.464 e. The van der Waals surface area contributed by atoms with Gasteiger partial charge in [-0.15, -0.1) is 19.2 Å². The van der Waals surface area contributed by atoms with E-state index in [2.05, 4.69) is 19.2 Å². The normalized spacial score (nSPS) is 10.8. The molecular formula is C9H14O2S3. The molecule has 0 unspecified atom stereocenters. The molecule has 2 nitrogen and oxygen atoms in total. The standard InChI is InChI=1S/C9H14O2S3/c1-4-5-6-11-7(10)9(2,3)14-8(12)13/h4H,1,5-6H2,2-3H3,(H,12,13). The van der Waals surface area contributed by atoms with Gasteiger partial charge in [0.05, 0.1) is 6.61 Å². The molecule has 0 spiro atoms. The Hall–Kier alpha value is -0.000000000000000111. The third kappa shape index (κ3) is 5.67. The van der Waals surface area contributed by atoms with Crippen molar-refractivity contribution in [3.8, 4) is 0 Å². The van der Waals surface area contributed by atoms with Crippen molar-refractivity contribution >= 4 is 46.1 Å². The topological polar surface area (TPSA) is 26.3 Å². The molecule has 0 saturated heterocycles. The zero-order valence-corrected chi connectivity index (χ0v) is 10.8. The van der Waals surface area contributed by atoms with Crippen molar-refractivity contribution in [3.63, 3.8) is 0 Å². The summed E-state index contributed by atoms with van der Waals surface area (Å²) in [6.07, 6.45) is 2.37. The van der Waals surface area contributed by atoms with Crippen LogP contribution in [0.25, 0.3) is 0 Å². The SMILES string of the molecule is C=CCCOC(=O)C(C)(C)SC(=S)S. The van der Waals surface area contributed by atoms with Gasteiger partial charge in [-0.2, -0.15) is 0 Å². The van der Waals surface area contributed by atoms with Gasteiger partial charge in [-0.05, 0) is 20.3 Å². The summed E-state index contributed by atoms with van der Waals surface area (Å²) in [6, 6.07) is 0. The Bertz CT molecular complexity index is 236. The maximum absolute atomic E-state index is 11.5. The lowest BCUT2D eigenvalue weighted by Gasteiger charge is -2.20. The summed E-state index contributed by atoms with van der Waals surface area (Å²) < 4.78 is 4.80. The number of hydrogen-bond acceptors (Lipinski definition) is 4. The van der Waals surface area contributed by atoms with Crippen LogP contribution in [0, 0.1) is 0 Å². The number of thiocarbonyl (C=S) groups is 1. The fourth-order valence-electron chi connectivity index (χ4n) is 0.669. The molecule has 0 amide bonds. The van der Waals surface area contributed by atoms with Crippen molar-refractivity contribution < 1.29 is 9.53 Å². The molecule has 14 heavy (non-hydrogen) atoms. The van der Waals surface area contributed by atoms with Crippen molar-refractivity contribution in [2.75, 3.05) is 6.61 Å². The Morgan fingerprint density at radius 1 is 1.71 bits per heavy atom. The van der Waals surface area contributed by atoms with Crippen LogP contribution in [-0.2, 0) is 9.53 Å². The molecule has 0 bridgehead atoms. The zero-order valence-electron chi connectivity index (χ0n) is 8.28. The Labute approximate surface area is 99.9 Å². The molecule has 0 saturated carbocycles. The molecule has 80 valence electrons. The molecule has 0 aliphatic carbocycles. The summed E-state index contributed by atoms with van der Waals surface area (Å²) in [5.41, 5.74) is 0. The van der Waals surface area contributed by atoms with Gasteiger partial charge in [0.15, 0.2) is 0 Å². The average molecular weight is 250 g/mol. The quantitative estimate of drug-likeness (QED) is 0.267. The lowest BCUT2D eigenvalue weighted by atomic mass is 10.2. The first-order valence-electron chi connectivity index (χ1n) is 4.10. The van der Waals surface area contributed by atoms with Gasteiger partial charge in [-0.3, -0.25) is 4.79 Å². The van der Waals surface area contributed by atoms with Crippen LogP contribution in [0.4, 0.5) is 0 Å². The molecule has 0 aliphatic heterocycles.